The van der Waals surface area contributed by atoms with Gasteiger partial charge in [0.05, 0.1) is 26.4 Å². The van der Waals surface area contributed by atoms with Gasteiger partial charge in [0.1, 0.15) is 5.75 Å². The first kappa shape index (κ1) is 13.9. The van der Waals surface area contributed by atoms with Crippen LogP contribution in [0.5, 0.6) is 17.2 Å². The van der Waals surface area contributed by atoms with Crippen molar-refractivity contribution in [3.05, 3.63) is 16.7 Å². The zero-order valence-corrected chi connectivity index (χ0v) is 11.4. The highest BCUT2D eigenvalue weighted by Gasteiger charge is 2.18. The van der Waals surface area contributed by atoms with Gasteiger partial charge in [-0.1, -0.05) is 11.6 Å². The minimum Gasteiger partial charge on any atom is -0.495 e. The minimum atomic E-state index is 0.524. The van der Waals surface area contributed by atoms with Gasteiger partial charge in [0.25, 0.3) is 0 Å². The van der Waals surface area contributed by atoms with Gasteiger partial charge in [0, 0.05) is 11.6 Å². The Morgan fingerprint density at radius 2 is 1.76 bits per heavy atom. The lowest BCUT2D eigenvalue weighted by atomic mass is 10.1. The molecule has 0 aliphatic carbocycles. The molecule has 0 aromatic heterocycles. The molecule has 0 aliphatic heterocycles. The average Bonchev–Trinajstić information content (AvgIpc) is 2.35. The first-order valence-electron chi connectivity index (χ1n) is 5.31. The average molecular weight is 260 g/mol. The quantitative estimate of drug-likeness (QED) is 0.850. The second kappa shape index (κ2) is 6.57. The van der Waals surface area contributed by atoms with Crippen LogP contribution in [-0.2, 0) is 6.42 Å². The summed E-state index contributed by atoms with van der Waals surface area (Å²) in [6.45, 7) is 0.802. The minimum absolute atomic E-state index is 0.524. The lowest BCUT2D eigenvalue weighted by Gasteiger charge is -2.17. The summed E-state index contributed by atoms with van der Waals surface area (Å²) >= 11 is 6.14. The van der Waals surface area contributed by atoms with Gasteiger partial charge in [-0.3, -0.25) is 0 Å². The molecule has 0 unspecified atom stereocenters. The standard InChI is InChI=1S/C12H18ClNO3/c1-14-6-5-8-11(16-3)9(13)7-10(15-2)12(8)17-4/h7,14H,5-6H2,1-4H3. The van der Waals surface area contributed by atoms with Gasteiger partial charge in [0.2, 0.25) is 0 Å². The fourth-order valence-electron chi connectivity index (χ4n) is 1.72. The van der Waals surface area contributed by atoms with Gasteiger partial charge in [-0.15, -0.1) is 0 Å². The van der Waals surface area contributed by atoms with Crippen molar-refractivity contribution < 1.29 is 14.2 Å². The molecule has 0 fully saturated rings. The summed E-state index contributed by atoms with van der Waals surface area (Å²) in [6, 6.07) is 1.70. The van der Waals surface area contributed by atoms with Gasteiger partial charge in [-0.25, -0.2) is 0 Å². The molecular formula is C12H18ClNO3. The summed E-state index contributed by atoms with van der Waals surface area (Å²) in [5.74, 6) is 1.92. The summed E-state index contributed by atoms with van der Waals surface area (Å²) in [5, 5.41) is 3.61. The zero-order valence-electron chi connectivity index (χ0n) is 10.6. The van der Waals surface area contributed by atoms with Crippen molar-refractivity contribution in [2.24, 2.45) is 0 Å². The van der Waals surface area contributed by atoms with E-state index in [0.29, 0.717) is 22.3 Å². The number of likely N-dealkylation sites (N-methyl/N-ethyl adjacent to an activating group) is 1. The summed E-state index contributed by atoms with van der Waals surface area (Å²) in [7, 11) is 6.67. The van der Waals surface area contributed by atoms with E-state index >= 15 is 0 Å². The number of halogens is 1. The number of hydrogen-bond donors (Lipinski definition) is 1. The van der Waals surface area contributed by atoms with Crippen LogP contribution in [0.1, 0.15) is 5.56 Å². The van der Waals surface area contributed by atoms with Crippen molar-refractivity contribution in [3.8, 4) is 17.2 Å². The Bertz CT molecular complexity index is 383. The molecular weight excluding hydrogens is 242 g/mol. The van der Waals surface area contributed by atoms with Crippen LogP contribution in [0, 0.1) is 0 Å². The normalized spacial score (nSPS) is 10.2. The molecule has 5 heteroatoms. The molecule has 0 atom stereocenters. The maximum Gasteiger partial charge on any atom is 0.167 e. The lowest BCUT2D eigenvalue weighted by molar-refractivity contribution is 0.343. The summed E-state index contributed by atoms with van der Waals surface area (Å²) in [4.78, 5) is 0. The van der Waals surface area contributed by atoms with E-state index in [9.17, 15) is 0 Å². The SMILES string of the molecule is CNCCc1c(OC)c(Cl)cc(OC)c1OC. The van der Waals surface area contributed by atoms with E-state index in [1.165, 1.54) is 0 Å². The molecule has 1 aromatic carbocycles. The third-order valence-corrected chi connectivity index (χ3v) is 2.78. The van der Waals surface area contributed by atoms with Crippen molar-refractivity contribution >= 4 is 11.6 Å². The van der Waals surface area contributed by atoms with Gasteiger partial charge < -0.3 is 19.5 Å². The van der Waals surface area contributed by atoms with E-state index < -0.39 is 0 Å². The number of methoxy groups -OCH3 is 3. The molecule has 0 spiro atoms. The molecule has 0 amide bonds. The highest BCUT2D eigenvalue weighted by Crippen LogP contribution is 2.42. The van der Waals surface area contributed by atoms with Crippen molar-refractivity contribution in [2.45, 2.75) is 6.42 Å². The van der Waals surface area contributed by atoms with E-state index in [1.807, 2.05) is 7.05 Å². The molecule has 0 saturated carbocycles. The van der Waals surface area contributed by atoms with E-state index in [-0.39, 0.29) is 0 Å². The molecule has 1 aromatic rings. The lowest BCUT2D eigenvalue weighted by Crippen LogP contribution is -2.12. The van der Waals surface area contributed by atoms with Gasteiger partial charge in [-0.2, -0.15) is 0 Å². The van der Waals surface area contributed by atoms with Gasteiger partial charge in [-0.05, 0) is 20.0 Å². The Balaban J connectivity index is 3.30. The monoisotopic (exact) mass is 259 g/mol. The molecule has 1 rings (SSSR count). The Morgan fingerprint density at radius 1 is 1.12 bits per heavy atom. The van der Waals surface area contributed by atoms with Crippen LogP contribution in [0.3, 0.4) is 0 Å². The second-order valence-corrected chi connectivity index (χ2v) is 3.87. The second-order valence-electron chi connectivity index (χ2n) is 3.46. The predicted molar refractivity (Wildman–Crippen MR) is 68.7 cm³/mol. The van der Waals surface area contributed by atoms with Crippen LogP contribution in [0.2, 0.25) is 5.02 Å². The highest BCUT2D eigenvalue weighted by atomic mass is 35.5. The molecule has 0 heterocycles. The smallest absolute Gasteiger partial charge is 0.167 e. The fourth-order valence-corrected chi connectivity index (χ4v) is 2.01. The number of rotatable bonds is 6. The maximum atomic E-state index is 6.14. The van der Waals surface area contributed by atoms with Crippen molar-refractivity contribution in [1.82, 2.24) is 5.32 Å². The first-order chi connectivity index (χ1) is 8.19. The van der Waals surface area contributed by atoms with E-state index in [0.717, 1.165) is 18.5 Å². The number of hydrogen-bond acceptors (Lipinski definition) is 4. The number of nitrogens with one attached hydrogen (secondary N) is 1. The van der Waals surface area contributed by atoms with Crippen molar-refractivity contribution in [3.63, 3.8) is 0 Å². The van der Waals surface area contributed by atoms with E-state index in [1.54, 1.807) is 27.4 Å². The molecule has 0 saturated heterocycles. The van der Waals surface area contributed by atoms with E-state index in [2.05, 4.69) is 5.32 Å². The van der Waals surface area contributed by atoms with Crippen LogP contribution in [0.25, 0.3) is 0 Å². The van der Waals surface area contributed by atoms with Gasteiger partial charge in [0.15, 0.2) is 11.5 Å². The summed E-state index contributed by atoms with van der Waals surface area (Å²) in [5.41, 5.74) is 0.911. The molecule has 17 heavy (non-hydrogen) atoms. The first-order valence-corrected chi connectivity index (χ1v) is 5.69. The van der Waals surface area contributed by atoms with Crippen LogP contribution < -0.4 is 19.5 Å². The number of benzene rings is 1. The third-order valence-electron chi connectivity index (χ3n) is 2.50. The third kappa shape index (κ3) is 2.96. The van der Waals surface area contributed by atoms with E-state index in [4.69, 9.17) is 25.8 Å². The molecule has 0 radical (unpaired) electrons. The highest BCUT2D eigenvalue weighted by molar-refractivity contribution is 6.32. The molecule has 0 bridgehead atoms. The summed E-state index contributed by atoms with van der Waals surface area (Å²) < 4.78 is 15.9. The van der Waals surface area contributed by atoms with Crippen LogP contribution >= 0.6 is 11.6 Å². The van der Waals surface area contributed by atoms with Crippen LogP contribution in [-0.4, -0.2) is 34.9 Å². The fraction of sp³-hybridized carbons (Fsp3) is 0.500. The maximum absolute atomic E-state index is 6.14. The van der Waals surface area contributed by atoms with Crippen molar-refractivity contribution in [1.29, 1.82) is 0 Å². The topological polar surface area (TPSA) is 39.7 Å². The molecule has 96 valence electrons. The van der Waals surface area contributed by atoms with Crippen LogP contribution in [0.4, 0.5) is 0 Å². The summed E-state index contributed by atoms with van der Waals surface area (Å²) in [6.07, 6.45) is 0.750. The zero-order chi connectivity index (χ0) is 12.8. The Morgan fingerprint density at radius 3 is 2.24 bits per heavy atom. The molecule has 1 N–H and O–H groups in total. The number of ether oxygens (including phenoxy) is 3. The van der Waals surface area contributed by atoms with Crippen molar-refractivity contribution in [2.75, 3.05) is 34.9 Å². The Hall–Kier alpha value is -1.13. The predicted octanol–water partition coefficient (Wildman–Crippen LogP) is 2.13. The van der Waals surface area contributed by atoms with Gasteiger partial charge >= 0.3 is 0 Å². The Labute approximate surface area is 107 Å². The molecule has 0 aliphatic rings. The van der Waals surface area contributed by atoms with Crippen LogP contribution in [0.15, 0.2) is 6.07 Å². The molecule has 4 nitrogen and oxygen atoms in total. The Kier molecular flexibility index (Phi) is 5.38. The largest absolute Gasteiger partial charge is 0.495 e.